The fraction of sp³-hybridized carbons (Fsp3) is 0.409. The van der Waals surface area contributed by atoms with E-state index in [-0.39, 0.29) is 5.04 Å². The van der Waals surface area contributed by atoms with E-state index < -0.39 is 8.07 Å². The van der Waals surface area contributed by atoms with Crippen LogP contribution in [0.25, 0.3) is 0 Å². The lowest BCUT2D eigenvalue weighted by Crippen LogP contribution is -2.54. The maximum atomic E-state index is 13.0. The number of hydrogen-bond acceptors (Lipinski definition) is 2. The zero-order valence-corrected chi connectivity index (χ0v) is 16.8. The molecular weight excluding hydrogens is 324 g/mol. The Kier molecular flexibility index (Phi) is 4.87. The van der Waals surface area contributed by atoms with E-state index in [1.165, 1.54) is 29.3 Å². The summed E-state index contributed by atoms with van der Waals surface area (Å²) in [6.07, 6.45) is 0.625. The maximum absolute atomic E-state index is 13.0. The summed E-state index contributed by atoms with van der Waals surface area (Å²) in [6, 6.07) is 20.3. The van der Waals surface area contributed by atoms with E-state index in [9.17, 15) is 4.79 Å². The minimum atomic E-state index is -1.76. The fourth-order valence-corrected chi connectivity index (χ4v) is 10.5. The normalized spacial score (nSPS) is 19.8. The van der Waals surface area contributed by atoms with Crippen molar-refractivity contribution in [1.29, 1.82) is 0 Å². The molecular formula is C22H28O2Si. The van der Waals surface area contributed by atoms with Crippen LogP contribution in [0, 0.1) is 0 Å². The molecule has 0 fully saturated rings. The van der Waals surface area contributed by atoms with Gasteiger partial charge in [-0.3, -0.25) is 4.79 Å². The number of benzene rings is 2. The molecule has 3 heteroatoms. The van der Waals surface area contributed by atoms with Crippen LogP contribution in [0.2, 0.25) is 18.1 Å². The van der Waals surface area contributed by atoms with Crippen LogP contribution < -0.4 is 4.74 Å². The van der Waals surface area contributed by atoms with Gasteiger partial charge < -0.3 is 4.74 Å². The second-order valence-corrected chi connectivity index (χ2v) is 12.7. The number of methoxy groups -OCH3 is 1. The van der Waals surface area contributed by atoms with Crippen LogP contribution in [-0.4, -0.2) is 21.0 Å². The van der Waals surface area contributed by atoms with Crippen LogP contribution in [0.15, 0.2) is 48.5 Å². The van der Waals surface area contributed by atoms with E-state index in [4.69, 9.17) is 4.74 Å². The van der Waals surface area contributed by atoms with E-state index in [1.54, 1.807) is 7.11 Å². The molecule has 0 aliphatic heterocycles. The third kappa shape index (κ3) is 2.48. The highest BCUT2D eigenvalue weighted by molar-refractivity contribution is 6.83. The highest BCUT2D eigenvalue weighted by Gasteiger charge is 2.56. The van der Waals surface area contributed by atoms with E-state index in [1.807, 2.05) is 24.3 Å². The van der Waals surface area contributed by atoms with Gasteiger partial charge in [-0.25, -0.2) is 0 Å². The molecule has 0 bridgehead atoms. The van der Waals surface area contributed by atoms with Gasteiger partial charge in [-0.2, -0.15) is 0 Å². The third-order valence-corrected chi connectivity index (χ3v) is 13.2. The molecule has 2 aromatic rings. The minimum absolute atomic E-state index is 0.120. The Balaban J connectivity index is 2.32. The molecule has 0 amide bonds. The van der Waals surface area contributed by atoms with Gasteiger partial charge in [0.1, 0.15) is 5.75 Å². The molecule has 2 aromatic carbocycles. The summed E-state index contributed by atoms with van der Waals surface area (Å²) in [5.74, 6) is 1.17. The molecule has 1 aliphatic rings. The highest BCUT2D eigenvalue weighted by Crippen LogP contribution is 2.54. The molecule has 2 nitrogen and oxygen atoms in total. The van der Waals surface area contributed by atoms with Crippen LogP contribution in [0.5, 0.6) is 5.75 Å². The van der Waals surface area contributed by atoms with Crippen LogP contribution in [0.4, 0.5) is 0 Å². The van der Waals surface area contributed by atoms with Gasteiger partial charge in [0.15, 0.2) is 5.78 Å². The summed E-state index contributed by atoms with van der Waals surface area (Å²) in [5.41, 5.74) is 3.50. The number of fused-ring (bicyclic) bond motifs is 1. The molecule has 1 atom stereocenters. The van der Waals surface area contributed by atoms with Crippen molar-refractivity contribution >= 4 is 13.9 Å². The van der Waals surface area contributed by atoms with E-state index in [0.29, 0.717) is 12.2 Å². The third-order valence-electron chi connectivity index (χ3n) is 6.63. The van der Waals surface area contributed by atoms with Gasteiger partial charge in [0.25, 0.3) is 0 Å². The largest absolute Gasteiger partial charge is 0.497 e. The summed E-state index contributed by atoms with van der Waals surface area (Å²) in [5, 5.41) is -0.120. The quantitative estimate of drug-likeness (QED) is 0.631. The first-order chi connectivity index (χ1) is 12.1. The second kappa shape index (κ2) is 6.79. The number of hydrogen-bond donors (Lipinski definition) is 0. The first-order valence-electron chi connectivity index (χ1n) is 9.35. The Bertz CT molecular complexity index is 754. The molecule has 3 rings (SSSR count). The number of rotatable bonds is 6. The lowest BCUT2D eigenvalue weighted by molar-refractivity contribution is 0.0987. The fourth-order valence-electron chi connectivity index (χ4n) is 5.10. The minimum Gasteiger partial charge on any atom is -0.497 e. The zero-order chi connectivity index (χ0) is 18.1. The monoisotopic (exact) mass is 352 g/mol. The van der Waals surface area contributed by atoms with Crippen molar-refractivity contribution in [2.24, 2.45) is 0 Å². The van der Waals surface area contributed by atoms with Crippen LogP contribution in [0.1, 0.15) is 48.7 Å². The Labute approximate surface area is 152 Å². The highest BCUT2D eigenvalue weighted by atomic mass is 28.3. The summed E-state index contributed by atoms with van der Waals surface area (Å²) in [7, 11) is -0.0609. The standard InChI is InChI=1S/C22H28O2Si/c1-5-25(6-2,7-3)22(17-12-14-18(24-4)15-13-17)16-21(23)19-10-8-9-11-20(19)22/h8-15H,5-7,16H2,1-4H3/t22-/m1/s1. The van der Waals surface area contributed by atoms with Gasteiger partial charge in [0, 0.05) is 17.0 Å². The van der Waals surface area contributed by atoms with Crippen molar-refractivity contribution in [2.75, 3.05) is 7.11 Å². The Hall–Kier alpha value is -1.87. The molecule has 1 aliphatic carbocycles. The predicted molar refractivity (Wildman–Crippen MR) is 106 cm³/mol. The first kappa shape index (κ1) is 17.9. The topological polar surface area (TPSA) is 26.3 Å². The molecule has 132 valence electrons. The Morgan fingerprint density at radius 1 is 0.960 bits per heavy atom. The van der Waals surface area contributed by atoms with Crippen molar-refractivity contribution in [3.8, 4) is 5.75 Å². The average molecular weight is 353 g/mol. The summed E-state index contributed by atoms with van der Waals surface area (Å²) >= 11 is 0. The molecule has 0 saturated heterocycles. The van der Waals surface area contributed by atoms with Gasteiger partial charge in [-0.05, 0) is 23.3 Å². The summed E-state index contributed by atoms with van der Waals surface area (Å²) < 4.78 is 5.36. The molecule has 0 N–H and O–H groups in total. The van der Waals surface area contributed by atoms with Gasteiger partial charge in [0.05, 0.1) is 15.2 Å². The predicted octanol–water partition coefficient (Wildman–Crippen LogP) is 5.62. The van der Waals surface area contributed by atoms with Crippen molar-refractivity contribution in [2.45, 2.75) is 50.4 Å². The van der Waals surface area contributed by atoms with E-state index in [0.717, 1.165) is 11.3 Å². The number of carbonyl (C=O) groups excluding carboxylic acids is 1. The average Bonchev–Trinajstić information content (AvgIpc) is 2.98. The molecule has 0 radical (unpaired) electrons. The van der Waals surface area contributed by atoms with E-state index >= 15 is 0 Å². The number of carbonyl (C=O) groups is 1. The SMILES string of the molecule is CC[Si](CC)(CC)[C@@]1(c2ccc(OC)cc2)CC(=O)c2ccccc21. The smallest absolute Gasteiger partial charge is 0.164 e. The van der Waals surface area contributed by atoms with E-state index in [2.05, 4.69) is 45.0 Å². The molecule has 25 heavy (non-hydrogen) atoms. The number of ketones is 1. The van der Waals surface area contributed by atoms with Gasteiger partial charge in [-0.1, -0.05) is 75.3 Å². The lowest BCUT2D eigenvalue weighted by Gasteiger charge is -2.47. The first-order valence-corrected chi connectivity index (χ1v) is 12.0. The van der Waals surface area contributed by atoms with Crippen molar-refractivity contribution in [1.82, 2.24) is 0 Å². The Morgan fingerprint density at radius 2 is 1.56 bits per heavy atom. The zero-order valence-electron chi connectivity index (χ0n) is 15.8. The van der Waals surface area contributed by atoms with Gasteiger partial charge in [-0.15, -0.1) is 0 Å². The molecule has 0 aromatic heterocycles. The van der Waals surface area contributed by atoms with Crippen molar-refractivity contribution in [3.05, 3.63) is 65.2 Å². The van der Waals surface area contributed by atoms with Crippen molar-refractivity contribution < 1.29 is 9.53 Å². The van der Waals surface area contributed by atoms with Crippen molar-refractivity contribution in [3.63, 3.8) is 0 Å². The summed E-state index contributed by atoms with van der Waals surface area (Å²) in [4.78, 5) is 13.0. The number of ether oxygens (including phenoxy) is 1. The van der Waals surface area contributed by atoms with Crippen LogP contribution in [0.3, 0.4) is 0 Å². The molecule has 0 saturated carbocycles. The molecule has 0 unspecified atom stereocenters. The second-order valence-electron chi connectivity index (χ2n) is 7.12. The van der Waals surface area contributed by atoms with Crippen LogP contribution in [-0.2, 0) is 5.04 Å². The lowest BCUT2D eigenvalue weighted by atomic mass is 9.91. The number of Topliss-reactive ketones (excluding diaryl/α,β-unsaturated/α-hetero) is 1. The maximum Gasteiger partial charge on any atom is 0.164 e. The van der Waals surface area contributed by atoms with Crippen LogP contribution >= 0.6 is 0 Å². The summed E-state index contributed by atoms with van der Waals surface area (Å²) in [6.45, 7) is 6.99. The van der Waals surface area contributed by atoms with Gasteiger partial charge >= 0.3 is 0 Å². The Morgan fingerprint density at radius 3 is 2.12 bits per heavy atom. The van der Waals surface area contributed by atoms with Gasteiger partial charge in [0.2, 0.25) is 0 Å². The molecule has 0 heterocycles. The molecule has 0 spiro atoms.